The molecule has 0 aromatic heterocycles. The lowest BCUT2D eigenvalue weighted by molar-refractivity contribution is -0.272. The topological polar surface area (TPSA) is 46.2 Å². The molecule has 15 heavy (non-hydrogen) atoms. The molecule has 0 amide bonds. The minimum atomic E-state index is 0.615. The fraction of sp³-hybridized carbons (Fsp3) is 1.00. The zero-order chi connectivity index (χ0) is 11.2. The molecule has 0 aliphatic heterocycles. The Kier molecular flexibility index (Phi) is 13.6. The summed E-state index contributed by atoms with van der Waals surface area (Å²) >= 11 is 0. The Morgan fingerprint density at radius 1 is 0.667 bits per heavy atom. The SMILES string of the molecule is COCCOCCOCCCCOOC. The van der Waals surface area contributed by atoms with Gasteiger partial charge in [0.1, 0.15) is 0 Å². The van der Waals surface area contributed by atoms with Gasteiger partial charge in [-0.2, -0.15) is 0 Å². The van der Waals surface area contributed by atoms with E-state index in [-0.39, 0.29) is 0 Å². The molecule has 0 aromatic rings. The summed E-state index contributed by atoms with van der Waals surface area (Å²) in [5.41, 5.74) is 0. The molecule has 0 aromatic carbocycles. The summed E-state index contributed by atoms with van der Waals surface area (Å²) < 4.78 is 15.4. The number of hydrogen-bond acceptors (Lipinski definition) is 5. The molecule has 0 aliphatic rings. The van der Waals surface area contributed by atoms with Crippen LogP contribution in [0.4, 0.5) is 0 Å². The average Bonchev–Trinajstić information content (AvgIpc) is 2.26. The maximum Gasteiger partial charge on any atom is 0.0823 e. The van der Waals surface area contributed by atoms with Crippen LogP contribution in [0.15, 0.2) is 0 Å². The molecule has 0 saturated carbocycles. The van der Waals surface area contributed by atoms with Gasteiger partial charge < -0.3 is 14.2 Å². The largest absolute Gasteiger partial charge is 0.382 e. The average molecular weight is 222 g/mol. The monoisotopic (exact) mass is 222 g/mol. The zero-order valence-corrected chi connectivity index (χ0v) is 9.70. The first-order valence-corrected chi connectivity index (χ1v) is 5.22. The third kappa shape index (κ3) is 13.8. The van der Waals surface area contributed by atoms with Crippen molar-refractivity contribution in [1.82, 2.24) is 0 Å². The van der Waals surface area contributed by atoms with Gasteiger partial charge in [0.25, 0.3) is 0 Å². The summed E-state index contributed by atoms with van der Waals surface area (Å²) in [5, 5.41) is 0. The molecule has 0 N–H and O–H groups in total. The molecule has 0 radical (unpaired) electrons. The maximum atomic E-state index is 5.33. The number of hydrogen-bond donors (Lipinski definition) is 0. The second-order valence-electron chi connectivity index (χ2n) is 2.91. The van der Waals surface area contributed by atoms with Gasteiger partial charge in [0.2, 0.25) is 0 Å². The molecule has 5 heteroatoms. The third-order valence-electron chi connectivity index (χ3n) is 1.69. The minimum absolute atomic E-state index is 0.615. The fourth-order valence-electron chi connectivity index (χ4n) is 0.913. The Balaban J connectivity index is 2.81. The molecular weight excluding hydrogens is 200 g/mol. The first kappa shape index (κ1) is 14.8. The molecule has 0 aliphatic carbocycles. The summed E-state index contributed by atoms with van der Waals surface area (Å²) in [6.45, 7) is 3.87. The van der Waals surface area contributed by atoms with E-state index >= 15 is 0 Å². The lowest BCUT2D eigenvalue weighted by Crippen LogP contribution is -2.09. The second-order valence-corrected chi connectivity index (χ2v) is 2.91. The number of ether oxygens (including phenoxy) is 3. The number of rotatable bonds is 12. The molecule has 0 saturated heterocycles. The van der Waals surface area contributed by atoms with Crippen molar-refractivity contribution in [2.75, 3.05) is 53.9 Å². The van der Waals surface area contributed by atoms with Crippen molar-refractivity contribution < 1.29 is 24.0 Å². The lowest BCUT2D eigenvalue weighted by atomic mass is 10.3. The van der Waals surface area contributed by atoms with Crippen LogP contribution in [0.3, 0.4) is 0 Å². The highest BCUT2D eigenvalue weighted by atomic mass is 17.2. The van der Waals surface area contributed by atoms with Gasteiger partial charge in [-0.05, 0) is 12.8 Å². The van der Waals surface area contributed by atoms with Crippen LogP contribution in [0.5, 0.6) is 0 Å². The molecule has 5 nitrogen and oxygen atoms in total. The molecule has 0 atom stereocenters. The Morgan fingerprint density at radius 2 is 1.27 bits per heavy atom. The van der Waals surface area contributed by atoms with E-state index in [0.29, 0.717) is 33.0 Å². The molecule has 0 heterocycles. The summed E-state index contributed by atoms with van der Waals surface area (Å²) in [4.78, 5) is 9.16. The summed E-state index contributed by atoms with van der Waals surface area (Å²) in [6, 6.07) is 0. The predicted octanol–water partition coefficient (Wildman–Crippen LogP) is 1.02. The van der Waals surface area contributed by atoms with Crippen molar-refractivity contribution in [1.29, 1.82) is 0 Å². The quantitative estimate of drug-likeness (QED) is 0.280. The molecule has 92 valence electrons. The highest BCUT2D eigenvalue weighted by Crippen LogP contribution is 1.91. The summed E-state index contributed by atoms with van der Waals surface area (Å²) in [5.74, 6) is 0. The van der Waals surface area contributed by atoms with Gasteiger partial charge >= 0.3 is 0 Å². The van der Waals surface area contributed by atoms with Gasteiger partial charge in [0, 0.05) is 13.7 Å². The minimum Gasteiger partial charge on any atom is -0.382 e. The van der Waals surface area contributed by atoms with E-state index in [1.807, 2.05) is 0 Å². The van der Waals surface area contributed by atoms with E-state index in [4.69, 9.17) is 19.1 Å². The predicted molar refractivity (Wildman–Crippen MR) is 55.7 cm³/mol. The van der Waals surface area contributed by atoms with Gasteiger partial charge in [-0.25, -0.2) is 9.78 Å². The lowest BCUT2D eigenvalue weighted by Gasteiger charge is -2.05. The van der Waals surface area contributed by atoms with Crippen molar-refractivity contribution in [2.45, 2.75) is 12.8 Å². The van der Waals surface area contributed by atoms with Gasteiger partial charge in [-0.15, -0.1) is 0 Å². The van der Waals surface area contributed by atoms with Crippen molar-refractivity contribution in [3.05, 3.63) is 0 Å². The van der Waals surface area contributed by atoms with Crippen molar-refractivity contribution >= 4 is 0 Å². The van der Waals surface area contributed by atoms with Crippen LogP contribution in [-0.2, 0) is 24.0 Å². The van der Waals surface area contributed by atoms with Crippen LogP contribution in [0, 0.1) is 0 Å². The number of unbranched alkanes of at least 4 members (excludes halogenated alkanes) is 1. The molecule has 0 spiro atoms. The summed E-state index contributed by atoms with van der Waals surface area (Å²) in [7, 11) is 3.16. The van der Waals surface area contributed by atoms with Gasteiger partial charge in [-0.3, -0.25) is 0 Å². The Labute approximate surface area is 91.5 Å². The van der Waals surface area contributed by atoms with E-state index in [1.165, 1.54) is 7.11 Å². The highest BCUT2D eigenvalue weighted by molar-refractivity contribution is 4.37. The van der Waals surface area contributed by atoms with Crippen molar-refractivity contribution in [3.8, 4) is 0 Å². The zero-order valence-electron chi connectivity index (χ0n) is 9.70. The van der Waals surface area contributed by atoms with Crippen LogP contribution in [0.2, 0.25) is 0 Å². The van der Waals surface area contributed by atoms with Gasteiger partial charge in [-0.1, -0.05) is 0 Å². The van der Waals surface area contributed by atoms with Gasteiger partial charge in [0.15, 0.2) is 0 Å². The van der Waals surface area contributed by atoms with E-state index < -0.39 is 0 Å². The highest BCUT2D eigenvalue weighted by Gasteiger charge is 1.91. The second kappa shape index (κ2) is 13.8. The Bertz CT molecular complexity index is 98.0. The molecular formula is C10H22O5. The Morgan fingerprint density at radius 3 is 1.93 bits per heavy atom. The first-order chi connectivity index (χ1) is 7.41. The molecule has 0 bridgehead atoms. The van der Waals surface area contributed by atoms with Crippen LogP contribution in [0.1, 0.15) is 12.8 Å². The molecule has 0 fully saturated rings. The van der Waals surface area contributed by atoms with Crippen LogP contribution < -0.4 is 0 Å². The van der Waals surface area contributed by atoms with Crippen LogP contribution in [0.25, 0.3) is 0 Å². The van der Waals surface area contributed by atoms with E-state index in [2.05, 4.69) is 4.89 Å². The maximum absolute atomic E-state index is 5.33. The van der Waals surface area contributed by atoms with Crippen LogP contribution in [-0.4, -0.2) is 53.9 Å². The molecule has 0 rings (SSSR count). The standard InChI is InChI=1S/C10H22O5/c1-11-7-8-14-10-9-13-5-3-4-6-15-12-2/h3-10H2,1-2H3. The Hall–Kier alpha value is -0.200. The van der Waals surface area contributed by atoms with Crippen molar-refractivity contribution in [3.63, 3.8) is 0 Å². The van der Waals surface area contributed by atoms with E-state index in [1.54, 1.807) is 7.11 Å². The van der Waals surface area contributed by atoms with E-state index in [0.717, 1.165) is 19.4 Å². The molecule has 0 unspecified atom stereocenters. The first-order valence-electron chi connectivity index (χ1n) is 5.22. The van der Waals surface area contributed by atoms with Gasteiger partial charge in [0.05, 0.1) is 40.1 Å². The third-order valence-corrected chi connectivity index (χ3v) is 1.69. The summed E-state index contributed by atoms with van der Waals surface area (Å²) in [6.07, 6.45) is 1.92. The van der Waals surface area contributed by atoms with Crippen LogP contribution >= 0.6 is 0 Å². The number of methoxy groups -OCH3 is 1. The fourth-order valence-corrected chi connectivity index (χ4v) is 0.913. The normalized spacial score (nSPS) is 10.8. The smallest absolute Gasteiger partial charge is 0.0823 e. The van der Waals surface area contributed by atoms with Crippen molar-refractivity contribution in [2.24, 2.45) is 0 Å². The van der Waals surface area contributed by atoms with E-state index in [9.17, 15) is 0 Å².